The van der Waals surface area contributed by atoms with Crippen LogP contribution in [-0.4, -0.2) is 36.2 Å². The summed E-state index contributed by atoms with van der Waals surface area (Å²) < 4.78 is 2.21. The van der Waals surface area contributed by atoms with Gasteiger partial charge >= 0.3 is 0 Å². The van der Waals surface area contributed by atoms with Crippen LogP contribution < -0.4 is 5.32 Å². The van der Waals surface area contributed by atoms with Crippen LogP contribution in [0.2, 0.25) is 0 Å². The molecular formula is C17H24I2N2O. The highest BCUT2D eigenvalue weighted by molar-refractivity contribution is 14.1. The van der Waals surface area contributed by atoms with E-state index in [1.807, 2.05) is 0 Å². The summed E-state index contributed by atoms with van der Waals surface area (Å²) in [7, 11) is 0. The van der Waals surface area contributed by atoms with Gasteiger partial charge in [0.2, 0.25) is 0 Å². The molecule has 1 heterocycles. The van der Waals surface area contributed by atoms with Crippen LogP contribution in [0.1, 0.15) is 43.7 Å². The third-order valence-corrected chi connectivity index (χ3v) is 6.46. The monoisotopic (exact) mass is 526 g/mol. The lowest BCUT2D eigenvalue weighted by atomic mass is 9.80. The Bertz CT molecular complexity index is 494. The zero-order valence-corrected chi connectivity index (χ0v) is 17.1. The lowest BCUT2D eigenvalue weighted by Gasteiger charge is -2.41. The molecule has 1 atom stereocenters. The first-order valence-corrected chi connectivity index (χ1v) is 10.5. The van der Waals surface area contributed by atoms with Crippen LogP contribution in [0, 0.1) is 13.1 Å². The molecule has 1 aromatic rings. The lowest BCUT2D eigenvalue weighted by Crippen LogP contribution is -2.47. The van der Waals surface area contributed by atoms with Crippen molar-refractivity contribution >= 4 is 45.2 Å². The number of phenolic OH excluding ortho intramolecular Hbond substituents is 1. The Labute approximate surface area is 160 Å². The fourth-order valence-corrected chi connectivity index (χ4v) is 5.86. The molecule has 0 radical (unpaired) electrons. The topological polar surface area (TPSA) is 35.5 Å². The van der Waals surface area contributed by atoms with E-state index < -0.39 is 0 Å². The molecule has 1 aliphatic carbocycles. The van der Waals surface area contributed by atoms with Gasteiger partial charge in [-0.1, -0.05) is 19.3 Å². The van der Waals surface area contributed by atoms with Crippen molar-refractivity contribution in [1.29, 1.82) is 0 Å². The first kappa shape index (κ1) is 17.2. The SMILES string of the molecule is Oc1c(I)cc(I)cc1[C@@H](C1CCCCC1)N1CCNCC1. The summed E-state index contributed by atoms with van der Waals surface area (Å²) >= 11 is 4.64. The third-order valence-electron chi connectivity index (χ3n) is 5.02. The molecule has 0 bridgehead atoms. The minimum atomic E-state index is 0.380. The summed E-state index contributed by atoms with van der Waals surface area (Å²) in [5.41, 5.74) is 1.16. The molecular weight excluding hydrogens is 502 g/mol. The Morgan fingerprint density at radius 1 is 1.09 bits per heavy atom. The van der Waals surface area contributed by atoms with Gasteiger partial charge in [0.05, 0.1) is 3.57 Å². The minimum Gasteiger partial charge on any atom is -0.506 e. The minimum absolute atomic E-state index is 0.380. The van der Waals surface area contributed by atoms with E-state index in [1.54, 1.807) is 0 Å². The van der Waals surface area contributed by atoms with Gasteiger partial charge in [0.1, 0.15) is 5.75 Å². The third kappa shape index (κ3) is 3.89. The maximum absolute atomic E-state index is 10.7. The molecule has 0 aromatic heterocycles. The highest BCUT2D eigenvalue weighted by Gasteiger charge is 2.33. The van der Waals surface area contributed by atoms with Crippen LogP contribution in [0.25, 0.3) is 0 Å². The van der Waals surface area contributed by atoms with E-state index in [1.165, 1.54) is 35.7 Å². The Hall–Kier alpha value is 0.400. The molecule has 0 amide bonds. The average Bonchev–Trinajstić information content (AvgIpc) is 2.54. The van der Waals surface area contributed by atoms with Crippen LogP contribution in [0.15, 0.2) is 12.1 Å². The summed E-state index contributed by atoms with van der Waals surface area (Å²) in [4.78, 5) is 2.60. The molecule has 1 aromatic carbocycles. The van der Waals surface area contributed by atoms with Gasteiger partial charge in [-0.25, -0.2) is 0 Å². The number of hydrogen-bond donors (Lipinski definition) is 2. The summed E-state index contributed by atoms with van der Waals surface area (Å²) in [5.74, 6) is 1.20. The molecule has 2 aliphatic rings. The van der Waals surface area contributed by atoms with Crippen molar-refractivity contribution in [3.63, 3.8) is 0 Å². The fourth-order valence-electron chi connectivity index (χ4n) is 3.97. The summed E-state index contributed by atoms with van der Waals surface area (Å²) in [6.45, 7) is 4.29. The van der Waals surface area contributed by atoms with Crippen molar-refractivity contribution in [2.45, 2.75) is 38.1 Å². The van der Waals surface area contributed by atoms with Crippen LogP contribution in [0.3, 0.4) is 0 Å². The molecule has 2 fully saturated rings. The summed E-state index contributed by atoms with van der Waals surface area (Å²) in [6.07, 6.45) is 6.66. The van der Waals surface area contributed by atoms with Gasteiger partial charge in [-0.3, -0.25) is 4.90 Å². The molecule has 5 heteroatoms. The second-order valence-electron chi connectivity index (χ2n) is 6.45. The van der Waals surface area contributed by atoms with E-state index in [0.29, 0.717) is 17.7 Å². The zero-order chi connectivity index (χ0) is 15.5. The molecule has 2 N–H and O–H groups in total. The van der Waals surface area contributed by atoms with Crippen molar-refractivity contribution in [3.8, 4) is 5.75 Å². The number of piperazine rings is 1. The average molecular weight is 526 g/mol. The summed E-state index contributed by atoms with van der Waals surface area (Å²) in [5, 5.41) is 14.2. The fraction of sp³-hybridized carbons (Fsp3) is 0.647. The maximum atomic E-state index is 10.7. The normalized spacial score (nSPS) is 22.6. The Kier molecular flexibility index (Phi) is 6.25. The Morgan fingerprint density at radius 3 is 2.45 bits per heavy atom. The molecule has 0 spiro atoms. The van der Waals surface area contributed by atoms with Gasteiger partial charge in [-0.05, 0) is 76.1 Å². The molecule has 0 unspecified atom stereocenters. The van der Waals surface area contributed by atoms with E-state index in [-0.39, 0.29) is 0 Å². The number of rotatable bonds is 3. The predicted molar refractivity (Wildman–Crippen MR) is 107 cm³/mol. The first-order chi connectivity index (χ1) is 10.7. The van der Waals surface area contributed by atoms with Gasteiger partial charge < -0.3 is 10.4 Å². The van der Waals surface area contributed by atoms with Crippen molar-refractivity contribution < 1.29 is 5.11 Å². The van der Waals surface area contributed by atoms with Crippen molar-refractivity contribution in [3.05, 3.63) is 24.8 Å². The van der Waals surface area contributed by atoms with Crippen LogP contribution in [-0.2, 0) is 0 Å². The number of benzene rings is 1. The predicted octanol–water partition coefficient (Wildman–Crippen LogP) is 4.13. The number of nitrogens with zero attached hydrogens (tertiary/aromatic N) is 1. The van der Waals surface area contributed by atoms with Gasteiger partial charge in [0.25, 0.3) is 0 Å². The van der Waals surface area contributed by atoms with E-state index in [2.05, 4.69) is 67.5 Å². The van der Waals surface area contributed by atoms with E-state index >= 15 is 0 Å². The van der Waals surface area contributed by atoms with Crippen LogP contribution in [0.5, 0.6) is 5.75 Å². The lowest BCUT2D eigenvalue weighted by molar-refractivity contribution is 0.101. The second kappa shape index (κ2) is 7.98. The smallest absolute Gasteiger partial charge is 0.133 e. The van der Waals surface area contributed by atoms with Gasteiger partial charge in [-0.2, -0.15) is 0 Å². The standard InChI is InChI=1S/C17H24I2N2O/c18-13-10-14(17(22)15(19)11-13)16(12-4-2-1-3-5-12)21-8-6-20-7-9-21/h10-12,16,20,22H,1-9H2/t16-/m1/s1. The zero-order valence-electron chi connectivity index (χ0n) is 12.8. The van der Waals surface area contributed by atoms with E-state index in [0.717, 1.165) is 35.3 Å². The first-order valence-electron chi connectivity index (χ1n) is 8.29. The molecule has 22 heavy (non-hydrogen) atoms. The van der Waals surface area contributed by atoms with E-state index in [9.17, 15) is 5.11 Å². The Morgan fingerprint density at radius 2 is 1.77 bits per heavy atom. The van der Waals surface area contributed by atoms with Gasteiger partial charge in [0, 0.05) is 41.4 Å². The number of nitrogens with one attached hydrogen (secondary N) is 1. The maximum Gasteiger partial charge on any atom is 0.133 e. The number of hydrogen-bond acceptors (Lipinski definition) is 3. The highest BCUT2D eigenvalue weighted by atomic mass is 127. The van der Waals surface area contributed by atoms with Gasteiger partial charge in [0.15, 0.2) is 0 Å². The summed E-state index contributed by atoms with van der Waals surface area (Å²) in [6, 6.07) is 4.65. The molecule has 1 saturated heterocycles. The van der Waals surface area contributed by atoms with Gasteiger partial charge in [-0.15, -0.1) is 0 Å². The second-order valence-corrected chi connectivity index (χ2v) is 8.86. The quantitative estimate of drug-likeness (QED) is 0.582. The van der Waals surface area contributed by atoms with Crippen molar-refractivity contribution in [2.75, 3.05) is 26.2 Å². The molecule has 1 saturated carbocycles. The van der Waals surface area contributed by atoms with Crippen LogP contribution in [0.4, 0.5) is 0 Å². The highest BCUT2D eigenvalue weighted by Crippen LogP contribution is 2.43. The molecule has 3 rings (SSSR count). The number of aromatic hydroxyl groups is 1. The number of halogens is 2. The molecule has 1 aliphatic heterocycles. The van der Waals surface area contributed by atoms with Crippen molar-refractivity contribution in [2.24, 2.45) is 5.92 Å². The number of phenols is 1. The molecule has 122 valence electrons. The van der Waals surface area contributed by atoms with E-state index in [4.69, 9.17) is 0 Å². The van der Waals surface area contributed by atoms with Crippen molar-refractivity contribution in [1.82, 2.24) is 10.2 Å². The molecule has 3 nitrogen and oxygen atoms in total. The van der Waals surface area contributed by atoms with Crippen LogP contribution >= 0.6 is 45.2 Å². The largest absolute Gasteiger partial charge is 0.506 e. The Balaban J connectivity index is 1.96.